The van der Waals surface area contributed by atoms with Gasteiger partial charge in [0.15, 0.2) is 0 Å². The molecule has 114 valence electrons. The lowest BCUT2D eigenvalue weighted by Gasteiger charge is -2.06. The van der Waals surface area contributed by atoms with Gasteiger partial charge in [-0.1, -0.05) is 23.7 Å². The smallest absolute Gasteiger partial charge is 0.265 e. The fraction of sp³-hybridized carbons (Fsp3) is 0. The van der Waals surface area contributed by atoms with Crippen LogP contribution in [0.25, 0.3) is 6.08 Å². The van der Waals surface area contributed by atoms with Crippen molar-refractivity contribution in [2.45, 2.75) is 4.90 Å². The van der Waals surface area contributed by atoms with E-state index in [4.69, 9.17) is 11.6 Å². The van der Waals surface area contributed by atoms with Gasteiger partial charge in [-0.2, -0.15) is 0 Å². The van der Waals surface area contributed by atoms with Crippen molar-refractivity contribution in [1.29, 1.82) is 0 Å². The molecule has 8 heteroatoms. The maximum atomic E-state index is 12.9. The quantitative estimate of drug-likeness (QED) is 0.867. The Morgan fingerprint density at radius 2 is 2.00 bits per heavy atom. The van der Waals surface area contributed by atoms with Crippen molar-refractivity contribution >= 4 is 33.6 Å². The normalized spacial score (nSPS) is 11.5. The molecule has 0 radical (unpaired) electrons. The second kappa shape index (κ2) is 6.67. The van der Waals surface area contributed by atoms with Gasteiger partial charge in [0.1, 0.15) is 10.7 Å². The van der Waals surface area contributed by atoms with E-state index in [-0.39, 0.29) is 9.92 Å². The summed E-state index contributed by atoms with van der Waals surface area (Å²) in [4.78, 5) is 15.1. The molecule has 1 heterocycles. The summed E-state index contributed by atoms with van der Waals surface area (Å²) in [5, 5.41) is 0.00103. The Kier molecular flexibility index (Phi) is 4.89. The molecule has 0 atom stereocenters. The maximum Gasteiger partial charge on any atom is 0.265 e. The first kappa shape index (κ1) is 16.1. The first-order chi connectivity index (χ1) is 10.4. The highest BCUT2D eigenvalue weighted by Gasteiger charge is 2.18. The Hall–Kier alpha value is -2.25. The molecule has 22 heavy (non-hydrogen) atoms. The van der Waals surface area contributed by atoms with Gasteiger partial charge in [0.05, 0.1) is 11.2 Å². The molecule has 1 aromatic carbocycles. The van der Waals surface area contributed by atoms with Crippen LogP contribution in [0.4, 0.5) is 4.39 Å². The number of benzene rings is 1. The molecule has 0 saturated heterocycles. The summed E-state index contributed by atoms with van der Waals surface area (Å²) >= 11 is 5.78. The molecule has 0 aliphatic carbocycles. The molecule has 0 fully saturated rings. The van der Waals surface area contributed by atoms with Crippen LogP contribution in [0.2, 0.25) is 5.02 Å². The number of hydrogen-bond acceptors (Lipinski definition) is 4. The molecular weight excluding hydrogens is 331 g/mol. The molecule has 1 aromatic heterocycles. The van der Waals surface area contributed by atoms with Crippen molar-refractivity contribution in [2.24, 2.45) is 0 Å². The van der Waals surface area contributed by atoms with Gasteiger partial charge in [0.25, 0.3) is 15.9 Å². The van der Waals surface area contributed by atoms with Crippen molar-refractivity contribution in [2.75, 3.05) is 0 Å². The second-order valence-corrected chi connectivity index (χ2v) is 6.23. The van der Waals surface area contributed by atoms with E-state index in [1.807, 2.05) is 4.72 Å². The number of nitrogens with zero attached hydrogens (tertiary/aromatic N) is 1. The third kappa shape index (κ3) is 4.12. The van der Waals surface area contributed by atoms with Gasteiger partial charge in [-0.3, -0.25) is 9.78 Å². The second-order valence-electron chi connectivity index (χ2n) is 4.17. The Balaban J connectivity index is 2.13. The molecule has 2 rings (SSSR count). The largest absolute Gasteiger partial charge is 0.269 e. The average Bonchev–Trinajstić information content (AvgIpc) is 2.45. The lowest BCUT2D eigenvalue weighted by atomic mass is 10.2. The zero-order valence-corrected chi connectivity index (χ0v) is 12.6. The van der Waals surface area contributed by atoms with Crippen LogP contribution in [0.15, 0.2) is 53.7 Å². The van der Waals surface area contributed by atoms with Crippen LogP contribution in [0.5, 0.6) is 0 Å². The summed E-state index contributed by atoms with van der Waals surface area (Å²) < 4.78 is 38.8. The van der Waals surface area contributed by atoms with Crippen LogP contribution in [0, 0.1) is 5.82 Å². The number of pyridine rings is 1. The number of sulfonamides is 1. The Bertz CT molecular complexity index is 837. The third-order valence-electron chi connectivity index (χ3n) is 2.51. The number of aromatic nitrogens is 1. The zero-order valence-electron chi connectivity index (χ0n) is 11.0. The standard InChI is InChI=1S/C14H10ClFN2O3S/c15-12-3-1-2-4-13(12)22(20,21)18-14(19)6-5-10-7-11(16)9-17-8-10/h1-9H,(H,18,19). The number of nitrogens with one attached hydrogen (secondary N) is 1. The van der Waals surface area contributed by atoms with Gasteiger partial charge in [-0.15, -0.1) is 0 Å². The summed E-state index contributed by atoms with van der Waals surface area (Å²) in [6, 6.07) is 6.88. The van der Waals surface area contributed by atoms with E-state index in [0.29, 0.717) is 5.56 Å². The Morgan fingerprint density at radius 1 is 1.27 bits per heavy atom. The van der Waals surface area contributed by atoms with E-state index in [2.05, 4.69) is 4.98 Å². The maximum absolute atomic E-state index is 12.9. The molecule has 1 N–H and O–H groups in total. The molecule has 2 aromatic rings. The van der Waals surface area contributed by atoms with E-state index in [0.717, 1.165) is 18.3 Å². The number of amides is 1. The van der Waals surface area contributed by atoms with E-state index in [1.165, 1.54) is 30.5 Å². The Morgan fingerprint density at radius 3 is 2.68 bits per heavy atom. The fourth-order valence-electron chi connectivity index (χ4n) is 1.58. The highest BCUT2D eigenvalue weighted by atomic mass is 35.5. The number of carbonyl (C=O) groups excluding carboxylic acids is 1. The predicted molar refractivity (Wildman–Crippen MR) is 80.0 cm³/mol. The summed E-state index contributed by atoms with van der Waals surface area (Å²) in [5.74, 6) is -1.45. The topological polar surface area (TPSA) is 76.1 Å². The average molecular weight is 341 g/mol. The van der Waals surface area contributed by atoms with Gasteiger partial charge in [-0.05, 0) is 29.8 Å². The van der Waals surface area contributed by atoms with Crippen molar-refractivity contribution in [1.82, 2.24) is 9.71 Å². The van der Waals surface area contributed by atoms with Crippen molar-refractivity contribution in [3.63, 3.8) is 0 Å². The third-order valence-corrected chi connectivity index (χ3v) is 4.36. The van der Waals surface area contributed by atoms with Crippen molar-refractivity contribution in [3.05, 3.63) is 65.2 Å². The lowest BCUT2D eigenvalue weighted by Crippen LogP contribution is -2.29. The number of halogens is 2. The number of carbonyl (C=O) groups is 1. The molecule has 0 unspecified atom stereocenters. The molecule has 0 spiro atoms. The molecule has 1 amide bonds. The molecule has 0 aliphatic heterocycles. The summed E-state index contributed by atoms with van der Waals surface area (Å²) in [6.45, 7) is 0. The number of hydrogen-bond donors (Lipinski definition) is 1. The van der Waals surface area contributed by atoms with Crippen molar-refractivity contribution < 1.29 is 17.6 Å². The Labute approximate surface area is 131 Å². The molecule has 0 aliphatic rings. The molecule has 5 nitrogen and oxygen atoms in total. The summed E-state index contributed by atoms with van der Waals surface area (Å²) in [5.41, 5.74) is 0.324. The molecule has 0 saturated carbocycles. The van der Waals surface area contributed by atoms with Crippen LogP contribution >= 0.6 is 11.6 Å². The van der Waals surface area contributed by atoms with Gasteiger partial charge in [0.2, 0.25) is 0 Å². The van der Waals surface area contributed by atoms with Gasteiger partial charge >= 0.3 is 0 Å². The summed E-state index contributed by atoms with van der Waals surface area (Å²) in [7, 11) is -4.08. The van der Waals surface area contributed by atoms with E-state index in [9.17, 15) is 17.6 Å². The minimum Gasteiger partial charge on any atom is -0.269 e. The van der Waals surface area contributed by atoms with Crippen LogP contribution in [0.1, 0.15) is 5.56 Å². The molecular formula is C14H10ClFN2O3S. The van der Waals surface area contributed by atoms with Crippen molar-refractivity contribution in [3.8, 4) is 0 Å². The lowest BCUT2D eigenvalue weighted by molar-refractivity contribution is -0.114. The van der Waals surface area contributed by atoms with E-state index in [1.54, 1.807) is 6.07 Å². The van der Waals surface area contributed by atoms with E-state index < -0.39 is 21.7 Å². The highest BCUT2D eigenvalue weighted by Crippen LogP contribution is 2.20. The first-order valence-corrected chi connectivity index (χ1v) is 7.84. The zero-order chi connectivity index (χ0) is 16.2. The monoisotopic (exact) mass is 340 g/mol. The van der Waals surface area contributed by atoms with Crippen LogP contribution < -0.4 is 4.72 Å². The predicted octanol–water partition coefficient (Wildman–Crippen LogP) is 2.39. The highest BCUT2D eigenvalue weighted by molar-refractivity contribution is 7.90. The summed E-state index contributed by atoms with van der Waals surface area (Å²) in [6.07, 6.45) is 4.55. The van der Waals surface area contributed by atoms with E-state index >= 15 is 0 Å². The van der Waals surface area contributed by atoms with Crippen LogP contribution in [0.3, 0.4) is 0 Å². The number of rotatable bonds is 4. The van der Waals surface area contributed by atoms with Gasteiger partial charge in [-0.25, -0.2) is 17.5 Å². The minimum atomic E-state index is -4.08. The molecule has 0 bridgehead atoms. The van der Waals surface area contributed by atoms with Gasteiger partial charge in [0, 0.05) is 12.3 Å². The van der Waals surface area contributed by atoms with Gasteiger partial charge < -0.3 is 0 Å². The minimum absolute atomic E-state index is 0.00103. The SMILES string of the molecule is O=C(C=Cc1cncc(F)c1)NS(=O)(=O)c1ccccc1Cl. The first-order valence-electron chi connectivity index (χ1n) is 5.98. The van der Waals surface area contributed by atoms with Crippen LogP contribution in [-0.2, 0) is 14.8 Å². The van der Waals surface area contributed by atoms with Crippen LogP contribution in [-0.4, -0.2) is 19.3 Å². The fourth-order valence-corrected chi connectivity index (χ4v) is 3.04.